The molecule has 1 atom stereocenters. The van der Waals surface area contributed by atoms with E-state index in [9.17, 15) is 4.79 Å². The number of carboxylic acid groups (broad SMARTS) is 1. The molecule has 0 radical (unpaired) electrons. The normalized spacial score (nSPS) is 17.4. The summed E-state index contributed by atoms with van der Waals surface area (Å²) in [6.07, 6.45) is 6.72. The molecule has 1 aliphatic carbocycles. The minimum atomic E-state index is -0.783. The zero-order chi connectivity index (χ0) is 15.2. The van der Waals surface area contributed by atoms with Crippen molar-refractivity contribution < 1.29 is 14.6 Å². The van der Waals surface area contributed by atoms with Gasteiger partial charge in [0, 0.05) is 11.4 Å². The summed E-state index contributed by atoms with van der Waals surface area (Å²) in [5.74, 6) is 0.595. The highest BCUT2D eigenvalue weighted by molar-refractivity contribution is 6.30. The second-order valence-electron chi connectivity index (χ2n) is 5.88. The van der Waals surface area contributed by atoms with Crippen molar-refractivity contribution in [3.63, 3.8) is 0 Å². The van der Waals surface area contributed by atoms with Gasteiger partial charge in [-0.3, -0.25) is 4.79 Å². The third kappa shape index (κ3) is 4.92. The zero-order valence-corrected chi connectivity index (χ0v) is 13.2. The van der Waals surface area contributed by atoms with E-state index in [-0.39, 0.29) is 12.5 Å². The van der Waals surface area contributed by atoms with Gasteiger partial charge in [-0.25, -0.2) is 0 Å². The van der Waals surface area contributed by atoms with Gasteiger partial charge in [-0.05, 0) is 55.9 Å². The number of rotatable bonds is 6. The van der Waals surface area contributed by atoms with Crippen molar-refractivity contribution in [1.82, 2.24) is 0 Å². The van der Waals surface area contributed by atoms with Crippen molar-refractivity contribution in [2.45, 2.75) is 63.9 Å². The number of ether oxygens (including phenoxy) is 1. The number of carbonyl (C=O) groups is 1. The van der Waals surface area contributed by atoms with Gasteiger partial charge in [0.15, 0.2) is 0 Å². The van der Waals surface area contributed by atoms with Crippen LogP contribution in [0.2, 0.25) is 5.02 Å². The second kappa shape index (κ2) is 7.69. The van der Waals surface area contributed by atoms with E-state index in [1.807, 2.05) is 25.1 Å². The summed E-state index contributed by atoms with van der Waals surface area (Å²) in [4.78, 5) is 10.6. The van der Waals surface area contributed by atoms with E-state index in [1.165, 1.54) is 37.7 Å². The van der Waals surface area contributed by atoms with Gasteiger partial charge in [0.1, 0.15) is 5.75 Å². The quantitative estimate of drug-likeness (QED) is 0.802. The van der Waals surface area contributed by atoms with Crippen LogP contribution in [-0.4, -0.2) is 17.2 Å². The fourth-order valence-corrected chi connectivity index (χ4v) is 3.14. The summed E-state index contributed by atoms with van der Waals surface area (Å²) in [7, 11) is 0. The van der Waals surface area contributed by atoms with E-state index in [2.05, 4.69) is 0 Å². The average molecular weight is 311 g/mol. The molecule has 4 heteroatoms. The van der Waals surface area contributed by atoms with Gasteiger partial charge >= 0.3 is 5.97 Å². The first-order valence-electron chi connectivity index (χ1n) is 7.74. The lowest BCUT2D eigenvalue weighted by atomic mass is 9.83. The molecule has 1 saturated carbocycles. The Hall–Kier alpha value is -1.22. The number of hydrogen-bond acceptors (Lipinski definition) is 2. The van der Waals surface area contributed by atoms with Gasteiger partial charge in [-0.2, -0.15) is 0 Å². The number of carboxylic acids is 1. The average Bonchev–Trinajstić information content (AvgIpc) is 2.48. The molecule has 116 valence electrons. The zero-order valence-electron chi connectivity index (χ0n) is 12.5. The molecule has 2 rings (SSSR count). The molecule has 0 spiro atoms. The summed E-state index contributed by atoms with van der Waals surface area (Å²) in [5, 5.41) is 9.49. The van der Waals surface area contributed by atoms with E-state index in [0.717, 1.165) is 10.8 Å². The molecule has 3 nitrogen and oxygen atoms in total. The molecule has 0 bridgehead atoms. The first-order valence-corrected chi connectivity index (χ1v) is 8.12. The Balaban J connectivity index is 2.08. The number of benzene rings is 1. The predicted octanol–water partition coefficient (Wildman–Crippen LogP) is 5.02. The molecule has 0 saturated heterocycles. The molecule has 1 unspecified atom stereocenters. The van der Waals surface area contributed by atoms with E-state index >= 15 is 0 Å². The van der Waals surface area contributed by atoms with Crippen LogP contribution < -0.4 is 4.74 Å². The molecule has 1 aromatic carbocycles. The molecule has 1 fully saturated rings. The molecular weight excluding hydrogens is 288 g/mol. The topological polar surface area (TPSA) is 46.5 Å². The van der Waals surface area contributed by atoms with Gasteiger partial charge in [0.05, 0.1) is 6.10 Å². The lowest BCUT2D eigenvalue weighted by molar-refractivity contribution is -0.137. The van der Waals surface area contributed by atoms with Gasteiger partial charge in [0.25, 0.3) is 0 Å². The molecule has 0 aliphatic heterocycles. The Kier molecular flexibility index (Phi) is 5.92. The first kappa shape index (κ1) is 16.2. The standard InChI is InChI=1S/C17H23ClO3/c1-12(7-10-17(19)20)21-16-9-8-14(18)11-15(16)13-5-3-2-4-6-13/h8-9,11-13H,2-7,10H2,1H3,(H,19,20). The summed E-state index contributed by atoms with van der Waals surface area (Å²) in [5.41, 5.74) is 1.18. The van der Waals surface area contributed by atoms with Gasteiger partial charge < -0.3 is 9.84 Å². The summed E-state index contributed by atoms with van der Waals surface area (Å²) in [6.45, 7) is 1.92. The molecule has 21 heavy (non-hydrogen) atoms. The highest BCUT2D eigenvalue weighted by Crippen LogP contribution is 2.39. The van der Waals surface area contributed by atoms with E-state index < -0.39 is 5.97 Å². The Morgan fingerprint density at radius 3 is 2.76 bits per heavy atom. The van der Waals surface area contributed by atoms with Crippen LogP contribution in [-0.2, 0) is 4.79 Å². The third-order valence-electron chi connectivity index (χ3n) is 4.11. The fourth-order valence-electron chi connectivity index (χ4n) is 2.96. The molecule has 1 aliphatic rings. The maximum absolute atomic E-state index is 10.6. The molecule has 1 N–H and O–H groups in total. The van der Waals surface area contributed by atoms with Crippen molar-refractivity contribution >= 4 is 17.6 Å². The first-order chi connectivity index (χ1) is 10.1. The molecule has 0 amide bonds. The Morgan fingerprint density at radius 1 is 1.38 bits per heavy atom. The largest absolute Gasteiger partial charge is 0.490 e. The van der Waals surface area contributed by atoms with Crippen LogP contribution >= 0.6 is 11.6 Å². The molecule has 1 aromatic rings. The number of halogens is 1. The van der Waals surface area contributed by atoms with E-state index in [0.29, 0.717) is 12.3 Å². The highest BCUT2D eigenvalue weighted by Gasteiger charge is 2.20. The monoisotopic (exact) mass is 310 g/mol. The van der Waals surface area contributed by atoms with Crippen LogP contribution in [0.15, 0.2) is 18.2 Å². The number of hydrogen-bond donors (Lipinski definition) is 1. The van der Waals surface area contributed by atoms with Gasteiger partial charge in [0.2, 0.25) is 0 Å². The van der Waals surface area contributed by atoms with Crippen molar-refractivity contribution in [3.8, 4) is 5.75 Å². The maximum atomic E-state index is 10.6. The van der Waals surface area contributed by atoms with Crippen LogP contribution in [0.1, 0.15) is 63.4 Å². The van der Waals surface area contributed by atoms with E-state index in [4.69, 9.17) is 21.4 Å². The lowest BCUT2D eigenvalue weighted by Gasteiger charge is -2.25. The van der Waals surface area contributed by atoms with Crippen LogP contribution in [0.5, 0.6) is 5.75 Å². The van der Waals surface area contributed by atoms with Crippen LogP contribution in [0, 0.1) is 0 Å². The van der Waals surface area contributed by atoms with Crippen molar-refractivity contribution in [3.05, 3.63) is 28.8 Å². The lowest BCUT2D eigenvalue weighted by Crippen LogP contribution is -2.16. The van der Waals surface area contributed by atoms with Crippen LogP contribution in [0.3, 0.4) is 0 Å². The summed E-state index contributed by atoms with van der Waals surface area (Å²) in [6, 6.07) is 5.77. The number of aliphatic carboxylic acids is 1. The van der Waals surface area contributed by atoms with Crippen LogP contribution in [0.25, 0.3) is 0 Å². The molecule has 0 aromatic heterocycles. The third-order valence-corrected chi connectivity index (χ3v) is 4.34. The summed E-state index contributed by atoms with van der Waals surface area (Å²) < 4.78 is 5.98. The van der Waals surface area contributed by atoms with Gasteiger partial charge in [-0.1, -0.05) is 30.9 Å². The van der Waals surface area contributed by atoms with E-state index in [1.54, 1.807) is 0 Å². The summed E-state index contributed by atoms with van der Waals surface area (Å²) >= 11 is 6.14. The fraction of sp³-hybridized carbons (Fsp3) is 0.588. The predicted molar refractivity (Wildman–Crippen MR) is 84.2 cm³/mol. The van der Waals surface area contributed by atoms with Gasteiger partial charge in [-0.15, -0.1) is 0 Å². The van der Waals surface area contributed by atoms with Crippen molar-refractivity contribution in [2.24, 2.45) is 0 Å². The highest BCUT2D eigenvalue weighted by atomic mass is 35.5. The van der Waals surface area contributed by atoms with Crippen LogP contribution in [0.4, 0.5) is 0 Å². The SMILES string of the molecule is CC(CCC(=O)O)Oc1ccc(Cl)cc1C1CCCCC1. The Labute approximate surface area is 131 Å². The second-order valence-corrected chi connectivity index (χ2v) is 6.31. The maximum Gasteiger partial charge on any atom is 0.303 e. The van der Waals surface area contributed by atoms with Crippen molar-refractivity contribution in [1.29, 1.82) is 0 Å². The van der Waals surface area contributed by atoms with Crippen molar-refractivity contribution in [2.75, 3.05) is 0 Å². The molecule has 0 heterocycles. The smallest absolute Gasteiger partial charge is 0.303 e. The molecular formula is C17H23ClO3. The Bertz CT molecular complexity index is 481. The minimum Gasteiger partial charge on any atom is -0.490 e. The Morgan fingerprint density at radius 2 is 2.10 bits per heavy atom. The minimum absolute atomic E-state index is 0.107.